The summed E-state index contributed by atoms with van der Waals surface area (Å²) in [6.45, 7) is 4.92. The SMILES string of the molecule is CC1(C)CCCC2(CCCC2)CC1. The minimum absolute atomic E-state index is 0.645. The average Bonchev–Trinajstić information content (AvgIpc) is 2.44. The lowest BCUT2D eigenvalue weighted by atomic mass is 9.77. The Morgan fingerprint density at radius 3 is 1.92 bits per heavy atom. The van der Waals surface area contributed by atoms with E-state index in [2.05, 4.69) is 13.8 Å². The van der Waals surface area contributed by atoms with Gasteiger partial charge in [-0.15, -0.1) is 0 Å². The molecule has 0 heterocycles. The molecule has 0 heteroatoms. The average molecular weight is 180 g/mol. The lowest BCUT2D eigenvalue weighted by Gasteiger charge is -2.28. The molecule has 0 aromatic heterocycles. The predicted molar refractivity (Wildman–Crippen MR) is 57.8 cm³/mol. The highest BCUT2D eigenvalue weighted by atomic mass is 14.4. The Hall–Kier alpha value is 0. The second-order valence-electron chi connectivity index (χ2n) is 6.22. The molecular weight excluding hydrogens is 156 g/mol. The van der Waals surface area contributed by atoms with Crippen LogP contribution < -0.4 is 0 Å². The van der Waals surface area contributed by atoms with Crippen molar-refractivity contribution in [3.05, 3.63) is 0 Å². The van der Waals surface area contributed by atoms with E-state index in [1.165, 1.54) is 44.9 Å². The van der Waals surface area contributed by atoms with Crippen molar-refractivity contribution in [2.45, 2.75) is 71.6 Å². The van der Waals surface area contributed by atoms with Gasteiger partial charge < -0.3 is 0 Å². The molecule has 0 radical (unpaired) electrons. The highest BCUT2D eigenvalue weighted by Crippen LogP contribution is 2.51. The first-order valence-electron chi connectivity index (χ1n) is 6.12. The lowest BCUT2D eigenvalue weighted by molar-refractivity contribution is 0.235. The van der Waals surface area contributed by atoms with E-state index in [0.717, 1.165) is 5.41 Å². The normalized spacial score (nSPS) is 31.8. The summed E-state index contributed by atoms with van der Waals surface area (Å²) >= 11 is 0. The molecule has 0 unspecified atom stereocenters. The Bertz CT molecular complexity index is 172. The van der Waals surface area contributed by atoms with E-state index in [4.69, 9.17) is 0 Å². The first-order chi connectivity index (χ1) is 6.12. The first-order valence-corrected chi connectivity index (χ1v) is 6.12. The van der Waals surface area contributed by atoms with Crippen LogP contribution in [0.15, 0.2) is 0 Å². The molecule has 0 atom stereocenters. The third kappa shape index (κ3) is 2.08. The molecule has 0 nitrogen and oxygen atoms in total. The Labute approximate surface area is 83.1 Å². The van der Waals surface area contributed by atoms with Crippen LogP contribution in [0.2, 0.25) is 0 Å². The summed E-state index contributed by atoms with van der Waals surface area (Å²) in [7, 11) is 0. The highest BCUT2D eigenvalue weighted by molar-refractivity contribution is 4.89. The second-order valence-corrected chi connectivity index (χ2v) is 6.22. The zero-order valence-corrected chi connectivity index (χ0v) is 9.36. The minimum Gasteiger partial charge on any atom is -0.0599 e. The minimum atomic E-state index is 0.645. The first kappa shape index (κ1) is 9.55. The van der Waals surface area contributed by atoms with Crippen LogP contribution in [0.5, 0.6) is 0 Å². The molecule has 0 aromatic rings. The molecule has 2 aliphatic carbocycles. The van der Waals surface area contributed by atoms with Crippen molar-refractivity contribution in [1.82, 2.24) is 0 Å². The van der Waals surface area contributed by atoms with Crippen molar-refractivity contribution < 1.29 is 0 Å². The Kier molecular flexibility index (Phi) is 2.42. The topological polar surface area (TPSA) is 0 Å². The van der Waals surface area contributed by atoms with E-state index in [9.17, 15) is 0 Å². The number of rotatable bonds is 0. The maximum atomic E-state index is 2.46. The van der Waals surface area contributed by atoms with Crippen molar-refractivity contribution in [3.63, 3.8) is 0 Å². The zero-order valence-electron chi connectivity index (χ0n) is 9.36. The molecule has 0 aromatic carbocycles. The van der Waals surface area contributed by atoms with Gasteiger partial charge in [0, 0.05) is 0 Å². The van der Waals surface area contributed by atoms with Gasteiger partial charge >= 0.3 is 0 Å². The van der Waals surface area contributed by atoms with Crippen LogP contribution in [0.3, 0.4) is 0 Å². The van der Waals surface area contributed by atoms with Crippen LogP contribution in [0.4, 0.5) is 0 Å². The monoisotopic (exact) mass is 180 g/mol. The summed E-state index contributed by atoms with van der Waals surface area (Å²) in [6, 6.07) is 0. The van der Waals surface area contributed by atoms with E-state index in [-0.39, 0.29) is 0 Å². The van der Waals surface area contributed by atoms with Crippen LogP contribution >= 0.6 is 0 Å². The van der Waals surface area contributed by atoms with Gasteiger partial charge in [0.2, 0.25) is 0 Å². The molecule has 0 amide bonds. The van der Waals surface area contributed by atoms with Gasteiger partial charge in [-0.05, 0) is 49.4 Å². The number of hydrogen-bond acceptors (Lipinski definition) is 0. The summed E-state index contributed by atoms with van der Waals surface area (Å²) in [6.07, 6.45) is 13.6. The van der Waals surface area contributed by atoms with Gasteiger partial charge in [-0.2, -0.15) is 0 Å². The van der Waals surface area contributed by atoms with Crippen molar-refractivity contribution in [2.24, 2.45) is 10.8 Å². The maximum absolute atomic E-state index is 2.46. The predicted octanol–water partition coefficient (Wildman–Crippen LogP) is 4.54. The molecule has 0 N–H and O–H groups in total. The van der Waals surface area contributed by atoms with E-state index >= 15 is 0 Å². The standard InChI is InChI=1S/C13H24/c1-12(2)6-5-9-13(11-10-12)7-3-4-8-13/h3-11H2,1-2H3. The summed E-state index contributed by atoms with van der Waals surface area (Å²) in [5.74, 6) is 0. The molecule has 2 rings (SSSR count). The van der Waals surface area contributed by atoms with Crippen molar-refractivity contribution >= 4 is 0 Å². The van der Waals surface area contributed by atoms with Gasteiger partial charge in [-0.1, -0.05) is 33.1 Å². The van der Waals surface area contributed by atoms with Gasteiger partial charge in [0.15, 0.2) is 0 Å². The zero-order chi connectivity index (χ0) is 9.36. The fraction of sp³-hybridized carbons (Fsp3) is 1.00. The summed E-state index contributed by atoms with van der Waals surface area (Å²) in [5.41, 5.74) is 1.46. The third-order valence-electron chi connectivity index (χ3n) is 4.56. The molecule has 0 saturated heterocycles. The summed E-state index contributed by atoms with van der Waals surface area (Å²) in [4.78, 5) is 0. The molecule has 0 aliphatic heterocycles. The van der Waals surface area contributed by atoms with Gasteiger partial charge in [0.05, 0.1) is 0 Å². The Morgan fingerprint density at radius 1 is 0.615 bits per heavy atom. The maximum Gasteiger partial charge on any atom is -0.0297 e. The lowest BCUT2D eigenvalue weighted by Crippen LogP contribution is -2.16. The molecule has 1 spiro atoms. The van der Waals surface area contributed by atoms with Crippen LogP contribution in [0.25, 0.3) is 0 Å². The van der Waals surface area contributed by atoms with Crippen molar-refractivity contribution in [2.75, 3.05) is 0 Å². The van der Waals surface area contributed by atoms with Crippen molar-refractivity contribution in [1.29, 1.82) is 0 Å². The Morgan fingerprint density at radius 2 is 1.23 bits per heavy atom. The number of hydrogen-bond donors (Lipinski definition) is 0. The molecule has 2 saturated carbocycles. The smallest absolute Gasteiger partial charge is 0.0297 e. The van der Waals surface area contributed by atoms with Crippen LogP contribution in [-0.2, 0) is 0 Å². The quantitative estimate of drug-likeness (QED) is 0.513. The summed E-state index contributed by atoms with van der Waals surface area (Å²) < 4.78 is 0. The van der Waals surface area contributed by atoms with Gasteiger partial charge in [0.25, 0.3) is 0 Å². The van der Waals surface area contributed by atoms with Crippen LogP contribution in [0.1, 0.15) is 71.6 Å². The molecule has 0 bridgehead atoms. The van der Waals surface area contributed by atoms with Crippen molar-refractivity contribution in [3.8, 4) is 0 Å². The molecule has 2 fully saturated rings. The van der Waals surface area contributed by atoms with E-state index < -0.39 is 0 Å². The summed E-state index contributed by atoms with van der Waals surface area (Å²) in [5, 5.41) is 0. The molecule has 76 valence electrons. The molecular formula is C13H24. The van der Waals surface area contributed by atoms with E-state index in [0.29, 0.717) is 5.41 Å². The second kappa shape index (κ2) is 3.29. The fourth-order valence-corrected chi connectivity index (χ4v) is 3.42. The third-order valence-corrected chi connectivity index (χ3v) is 4.56. The highest BCUT2D eigenvalue weighted by Gasteiger charge is 2.37. The van der Waals surface area contributed by atoms with Gasteiger partial charge in [-0.3, -0.25) is 0 Å². The van der Waals surface area contributed by atoms with Gasteiger partial charge in [0.1, 0.15) is 0 Å². The molecule has 13 heavy (non-hydrogen) atoms. The Balaban J connectivity index is 2.01. The van der Waals surface area contributed by atoms with E-state index in [1.807, 2.05) is 0 Å². The fourth-order valence-electron chi connectivity index (χ4n) is 3.42. The van der Waals surface area contributed by atoms with Crippen LogP contribution in [-0.4, -0.2) is 0 Å². The molecule has 2 aliphatic rings. The van der Waals surface area contributed by atoms with E-state index in [1.54, 1.807) is 12.8 Å². The largest absolute Gasteiger partial charge is 0.0599 e. The van der Waals surface area contributed by atoms with Gasteiger partial charge in [-0.25, -0.2) is 0 Å². The van der Waals surface area contributed by atoms with Crippen LogP contribution in [0, 0.1) is 10.8 Å².